The molecule has 1 aromatic heterocycles. The van der Waals surface area contributed by atoms with E-state index in [9.17, 15) is 9.90 Å². The summed E-state index contributed by atoms with van der Waals surface area (Å²) in [5, 5.41) is 16.5. The van der Waals surface area contributed by atoms with E-state index in [4.69, 9.17) is 4.52 Å². The number of rotatable bonds is 2. The summed E-state index contributed by atoms with van der Waals surface area (Å²) < 4.78 is 5.16. The van der Waals surface area contributed by atoms with Gasteiger partial charge in [0.1, 0.15) is 0 Å². The summed E-state index contributed by atoms with van der Waals surface area (Å²) >= 11 is 0. The Hall–Kier alpha value is -1.47. The molecule has 0 spiro atoms. The van der Waals surface area contributed by atoms with E-state index in [0.29, 0.717) is 31.8 Å². The number of piperidine rings is 1. The monoisotopic (exact) mass is 266 g/mol. The number of carbonyl (C=O) groups excluding carboxylic acids is 1. The summed E-state index contributed by atoms with van der Waals surface area (Å²) in [6.45, 7) is 2.04. The molecule has 1 unspecified atom stereocenters. The maximum Gasteiger partial charge on any atom is 0.295 e. The van der Waals surface area contributed by atoms with Gasteiger partial charge in [-0.25, -0.2) is 0 Å². The number of nitrogens with one attached hydrogen (secondary N) is 1. The van der Waals surface area contributed by atoms with Crippen molar-refractivity contribution >= 4 is 5.91 Å². The van der Waals surface area contributed by atoms with Crippen molar-refractivity contribution in [1.82, 2.24) is 20.4 Å². The number of hydrogen-bond donors (Lipinski definition) is 2. The lowest BCUT2D eigenvalue weighted by Gasteiger charge is -2.28. The molecule has 1 amide bonds. The van der Waals surface area contributed by atoms with E-state index in [1.165, 1.54) is 0 Å². The van der Waals surface area contributed by atoms with Gasteiger partial charge in [-0.15, -0.1) is 0 Å². The lowest BCUT2D eigenvalue weighted by molar-refractivity contribution is 0.0533. The average molecular weight is 266 g/mol. The molecular weight excluding hydrogens is 248 g/mol. The molecule has 0 bridgehead atoms. The number of hydrogen-bond acceptors (Lipinski definition) is 6. The summed E-state index contributed by atoms with van der Waals surface area (Å²) in [6.07, 6.45) is 2.97. The zero-order chi connectivity index (χ0) is 13.2. The largest absolute Gasteiger partial charge is 0.393 e. The van der Waals surface area contributed by atoms with Gasteiger partial charge >= 0.3 is 0 Å². The second kappa shape index (κ2) is 5.26. The summed E-state index contributed by atoms with van der Waals surface area (Å²) in [7, 11) is 0. The van der Waals surface area contributed by atoms with E-state index in [-0.39, 0.29) is 23.9 Å². The maximum atomic E-state index is 12.2. The number of aliphatic hydroxyl groups is 1. The highest BCUT2D eigenvalue weighted by atomic mass is 16.5. The van der Waals surface area contributed by atoms with Crippen LogP contribution in [0.15, 0.2) is 4.52 Å². The summed E-state index contributed by atoms with van der Waals surface area (Å²) in [6, 6.07) is 0.0808. The molecule has 2 fully saturated rings. The molecule has 1 aromatic rings. The van der Waals surface area contributed by atoms with E-state index >= 15 is 0 Å². The first-order valence-electron chi connectivity index (χ1n) is 6.78. The molecule has 104 valence electrons. The minimum atomic E-state index is -0.299. The Labute approximate surface area is 111 Å². The number of nitrogens with zero attached hydrogens (tertiary/aromatic N) is 3. The number of likely N-dealkylation sites (tertiary alicyclic amines) is 1. The van der Waals surface area contributed by atoms with Gasteiger partial charge in [0.25, 0.3) is 11.7 Å². The van der Waals surface area contributed by atoms with Crippen molar-refractivity contribution in [3.05, 3.63) is 11.7 Å². The van der Waals surface area contributed by atoms with Gasteiger partial charge in [0.15, 0.2) is 0 Å². The smallest absolute Gasteiger partial charge is 0.295 e. The van der Waals surface area contributed by atoms with E-state index < -0.39 is 0 Å². The first-order chi connectivity index (χ1) is 9.24. The standard InChI is InChI=1S/C12H18N4O3/c17-8-3-6-16(7-4-8)12(18)10-14-11(19-15-10)9-2-1-5-13-9/h8-9,13,17H,1-7H2. The van der Waals surface area contributed by atoms with E-state index in [1.807, 2.05) is 0 Å². The first kappa shape index (κ1) is 12.6. The Kier molecular flexibility index (Phi) is 3.48. The van der Waals surface area contributed by atoms with Crippen LogP contribution in [0.1, 0.15) is 48.2 Å². The minimum absolute atomic E-state index is 0.0808. The SMILES string of the molecule is O=C(c1noc(C2CCCN2)n1)N1CCC(O)CC1. The molecule has 0 saturated carbocycles. The third-order valence-electron chi connectivity index (χ3n) is 3.74. The van der Waals surface area contributed by atoms with Crippen LogP contribution < -0.4 is 5.32 Å². The predicted molar refractivity (Wildman–Crippen MR) is 65.4 cm³/mol. The van der Waals surface area contributed by atoms with Gasteiger partial charge in [-0.2, -0.15) is 4.98 Å². The molecule has 7 heteroatoms. The van der Waals surface area contributed by atoms with Crippen LogP contribution in [0.25, 0.3) is 0 Å². The molecule has 2 aliphatic rings. The maximum absolute atomic E-state index is 12.2. The van der Waals surface area contributed by atoms with Crippen LogP contribution in [0.2, 0.25) is 0 Å². The molecule has 0 radical (unpaired) electrons. The highest BCUT2D eigenvalue weighted by molar-refractivity contribution is 5.90. The Bertz CT molecular complexity index is 448. The van der Waals surface area contributed by atoms with E-state index in [0.717, 1.165) is 19.4 Å². The third-order valence-corrected chi connectivity index (χ3v) is 3.74. The van der Waals surface area contributed by atoms with Gasteiger partial charge in [0.2, 0.25) is 5.89 Å². The van der Waals surface area contributed by atoms with Crippen LogP contribution in [0.4, 0.5) is 0 Å². The molecule has 2 N–H and O–H groups in total. The Morgan fingerprint density at radius 1 is 1.37 bits per heavy atom. The highest BCUT2D eigenvalue weighted by Gasteiger charge is 2.28. The lowest BCUT2D eigenvalue weighted by atomic mass is 10.1. The third kappa shape index (κ3) is 2.62. The number of amides is 1. The predicted octanol–water partition coefficient (Wildman–Crippen LogP) is 0.0910. The minimum Gasteiger partial charge on any atom is -0.393 e. The molecule has 0 aromatic carbocycles. The van der Waals surface area contributed by atoms with Crippen LogP contribution in [0.3, 0.4) is 0 Å². The van der Waals surface area contributed by atoms with Crippen molar-refractivity contribution < 1.29 is 14.4 Å². The van der Waals surface area contributed by atoms with Crippen LogP contribution in [-0.2, 0) is 0 Å². The molecular formula is C12H18N4O3. The van der Waals surface area contributed by atoms with Crippen molar-refractivity contribution in [3.63, 3.8) is 0 Å². The Balaban J connectivity index is 1.66. The van der Waals surface area contributed by atoms with Gasteiger partial charge in [-0.1, -0.05) is 5.16 Å². The highest BCUT2D eigenvalue weighted by Crippen LogP contribution is 2.21. The molecule has 3 heterocycles. The second-order valence-electron chi connectivity index (χ2n) is 5.13. The number of aliphatic hydroxyl groups excluding tert-OH is 1. The molecule has 19 heavy (non-hydrogen) atoms. The Morgan fingerprint density at radius 3 is 2.84 bits per heavy atom. The quantitative estimate of drug-likeness (QED) is 0.788. The van der Waals surface area contributed by atoms with Gasteiger partial charge in [-0.05, 0) is 32.2 Å². The topological polar surface area (TPSA) is 91.5 Å². The molecule has 2 saturated heterocycles. The van der Waals surface area contributed by atoms with Crippen LogP contribution in [0, 0.1) is 0 Å². The van der Waals surface area contributed by atoms with E-state index in [2.05, 4.69) is 15.5 Å². The Morgan fingerprint density at radius 2 is 2.16 bits per heavy atom. The molecule has 7 nitrogen and oxygen atoms in total. The fourth-order valence-electron chi connectivity index (χ4n) is 2.57. The zero-order valence-corrected chi connectivity index (χ0v) is 10.7. The fourth-order valence-corrected chi connectivity index (χ4v) is 2.57. The average Bonchev–Trinajstić information content (AvgIpc) is 3.10. The molecule has 2 aliphatic heterocycles. The van der Waals surface area contributed by atoms with Crippen molar-refractivity contribution in [2.75, 3.05) is 19.6 Å². The van der Waals surface area contributed by atoms with Crippen molar-refractivity contribution in [2.45, 2.75) is 37.8 Å². The second-order valence-corrected chi connectivity index (χ2v) is 5.13. The van der Waals surface area contributed by atoms with Gasteiger partial charge in [0.05, 0.1) is 12.1 Å². The summed E-state index contributed by atoms with van der Waals surface area (Å²) in [5.74, 6) is 0.415. The molecule has 3 rings (SSSR count). The van der Waals surface area contributed by atoms with Crippen molar-refractivity contribution in [3.8, 4) is 0 Å². The number of carbonyl (C=O) groups is 1. The lowest BCUT2D eigenvalue weighted by Crippen LogP contribution is -2.40. The van der Waals surface area contributed by atoms with Crippen LogP contribution in [0.5, 0.6) is 0 Å². The number of aromatic nitrogens is 2. The van der Waals surface area contributed by atoms with Gasteiger partial charge < -0.3 is 19.8 Å². The zero-order valence-electron chi connectivity index (χ0n) is 10.7. The van der Waals surface area contributed by atoms with Crippen LogP contribution in [-0.4, -0.2) is 51.8 Å². The van der Waals surface area contributed by atoms with Crippen molar-refractivity contribution in [1.29, 1.82) is 0 Å². The summed E-state index contributed by atoms with van der Waals surface area (Å²) in [4.78, 5) is 18.0. The van der Waals surface area contributed by atoms with E-state index in [1.54, 1.807) is 4.90 Å². The van der Waals surface area contributed by atoms with Crippen LogP contribution >= 0.6 is 0 Å². The van der Waals surface area contributed by atoms with Crippen molar-refractivity contribution in [2.24, 2.45) is 0 Å². The first-order valence-corrected chi connectivity index (χ1v) is 6.78. The molecule has 0 aliphatic carbocycles. The fraction of sp³-hybridized carbons (Fsp3) is 0.750. The molecule has 1 atom stereocenters. The summed E-state index contributed by atoms with van der Waals surface area (Å²) in [5.41, 5.74) is 0. The van der Waals surface area contributed by atoms with Gasteiger partial charge in [-0.3, -0.25) is 4.79 Å². The van der Waals surface area contributed by atoms with Gasteiger partial charge in [0, 0.05) is 13.1 Å². The normalized spacial score (nSPS) is 24.9.